The van der Waals surface area contributed by atoms with E-state index in [4.69, 9.17) is 4.42 Å². The van der Waals surface area contributed by atoms with Crippen LogP contribution in [0, 0.1) is 0 Å². The fraction of sp³-hybridized carbons (Fsp3) is 0.125. The Labute approximate surface area is 105 Å². The summed E-state index contributed by atoms with van der Waals surface area (Å²) in [6.07, 6.45) is 3.15. The smallest absolute Gasteiger partial charge is 0.115 e. The van der Waals surface area contributed by atoms with Crippen LogP contribution in [0.15, 0.2) is 65.5 Å². The van der Waals surface area contributed by atoms with Crippen LogP contribution in [-0.4, -0.2) is 5.11 Å². The fourth-order valence-corrected chi connectivity index (χ4v) is 2.20. The highest BCUT2D eigenvalue weighted by molar-refractivity contribution is 5.83. The molecule has 0 bridgehead atoms. The normalized spacial score (nSPS) is 14.6. The van der Waals surface area contributed by atoms with E-state index in [0.717, 1.165) is 16.5 Å². The van der Waals surface area contributed by atoms with E-state index in [1.807, 2.05) is 36.4 Å². The maximum atomic E-state index is 10.6. The number of hydrogen-bond donors (Lipinski definition) is 1. The van der Waals surface area contributed by atoms with E-state index in [1.165, 1.54) is 5.39 Å². The molecule has 3 aromatic rings. The first-order valence-corrected chi connectivity index (χ1v) is 5.92. The predicted molar refractivity (Wildman–Crippen MR) is 71.3 cm³/mol. The van der Waals surface area contributed by atoms with E-state index in [0.29, 0.717) is 0 Å². The van der Waals surface area contributed by atoms with Gasteiger partial charge in [0.05, 0.1) is 12.5 Å². The second-order valence-electron chi connectivity index (χ2n) is 4.65. The molecule has 0 fully saturated rings. The van der Waals surface area contributed by atoms with Gasteiger partial charge in [0.2, 0.25) is 0 Å². The summed E-state index contributed by atoms with van der Waals surface area (Å²) in [7, 11) is 0. The molecule has 1 heterocycles. The van der Waals surface area contributed by atoms with Crippen molar-refractivity contribution in [3.8, 4) is 0 Å². The summed E-state index contributed by atoms with van der Waals surface area (Å²) < 4.78 is 5.05. The van der Waals surface area contributed by atoms with Crippen molar-refractivity contribution in [2.75, 3.05) is 0 Å². The van der Waals surface area contributed by atoms with E-state index >= 15 is 0 Å². The molecule has 0 spiro atoms. The van der Waals surface area contributed by atoms with Gasteiger partial charge < -0.3 is 9.52 Å². The summed E-state index contributed by atoms with van der Waals surface area (Å²) in [6, 6.07) is 15.9. The van der Waals surface area contributed by atoms with Crippen LogP contribution in [0.2, 0.25) is 0 Å². The molecule has 0 amide bonds. The molecule has 3 rings (SSSR count). The second kappa shape index (κ2) is 4.00. The van der Waals surface area contributed by atoms with Crippen LogP contribution in [-0.2, 0) is 5.60 Å². The average molecular weight is 238 g/mol. The van der Waals surface area contributed by atoms with Crippen molar-refractivity contribution in [1.29, 1.82) is 0 Å². The molecule has 0 radical (unpaired) electrons. The van der Waals surface area contributed by atoms with Gasteiger partial charge in [0.15, 0.2) is 0 Å². The Balaban J connectivity index is 2.14. The van der Waals surface area contributed by atoms with Crippen molar-refractivity contribution in [3.63, 3.8) is 0 Å². The summed E-state index contributed by atoms with van der Waals surface area (Å²) in [5.41, 5.74) is 0.595. The zero-order valence-electron chi connectivity index (χ0n) is 10.1. The standard InChI is InChI=1S/C16H14O2/c1-16(17,15-8-9-18-11-15)14-7-6-12-4-2-3-5-13(12)10-14/h2-11,17H,1H3. The monoisotopic (exact) mass is 238 g/mol. The lowest BCUT2D eigenvalue weighted by Gasteiger charge is -2.22. The Morgan fingerprint density at radius 2 is 1.72 bits per heavy atom. The minimum atomic E-state index is -1.03. The molecule has 0 aliphatic heterocycles. The van der Waals surface area contributed by atoms with E-state index in [-0.39, 0.29) is 0 Å². The van der Waals surface area contributed by atoms with Crippen LogP contribution in [0.3, 0.4) is 0 Å². The van der Waals surface area contributed by atoms with Gasteiger partial charge in [0.25, 0.3) is 0 Å². The van der Waals surface area contributed by atoms with Crippen molar-refractivity contribution in [1.82, 2.24) is 0 Å². The van der Waals surface area contributed by atoms with Crippen LogP contribution in [0.25, 0.3) is 10.8 Å². The number of rotatable bonds is 2. The van der Waals surface area contributed by atoms with Crippen molar-refractivity contribution in [2.45, 2.75) is 12.5 Å². The van der Waals surface area contributed by atoms with E-state index in [2.05, 4.69) is 6.07 Å². The molecule has 0 aliphatic carbocycles. The summed E-state index contributed by atoms with van der Waals surface area (Å²) >= 11 is 0. The Hall–Kier alpha value is -2.06. The minimum Gasteiger partial charge on any atom is -0.472 e. The highest BCUT2D eigenvalue weighted by Gasteiger charge is 2.26. The van der Waals surface area contributed by atoms with Gasteiger partial charge in [-0.25, -0.2) is 0 Å². The van der Waals surface area contributed by atoms with E-state index in [1.54, 1.807) is 25.5 Å². The SMILES string of the molecule is CC(O)(c1ccoc1)c1ccc2ccccc2c1. The van der Waals surface area contributed by atoms with Crippen molar-refractivity contribution >= 4 is 10.8 Å². The molecule has 2 nitrogen and oxygen atoms in total. The van der Waals surface area contributed by atoms with Gasteiger partial charge in [0, 0.05) is 5.56 Å². The first-order valence-electron chi connectivity index (χ1n) is 5.92. The highest BCUT2D eigenvalue weighted by Crippen LogP contribution is 2.31. The average Bonchev–Trinajstić information content (AvgIpc) is 2.92. The number of benzene rings is 2. The maximum absolute atomic E-state index is 10.6. The Morgan fingerprint density at radius 1 is 0.944 bits per heavy atom. The molecule has 0 saturated carbocycles. The Kier molecular flexibility index (Phi) is 2.46. The molecule has 90 valence electrons. The van der Waals surface area contributed by atoms with Gasteiger partial charge >= 0.3 is 0 Å². The van der Waals surface area contributed by atoms with Gasteiger partial charge in [-0.3, -0.25) is 0 Å². The molecule has 2 aromatic carbocycles. The summed E-state index contributed by atoms with van der Waals surface area (Å²) in [6.45, 7) is 1.78. The first kappa shape index (κ1) is 11.1. The molecule has 1 atom stereocenters. The fourth-order valence-electron chi connectivity index (χ4n) is 2.20. The molecular weight excluding hydrogens is 224 g/mol. The minimum absolute atomic E-state index is 0.762. The lowest BCUT2D eigenvalue weighted by molar-refractivity contribution is 0.102. The quantitative estimate of drug-likeness (QED) is 0.738. The lowest BCUT2D eigenvalue weighted by Crippen LogP contribution is -2.21. The van der Waals surface area contributed by atoms with Crippen LogP contribution in [0.5, 0.6) is 0 Å². The third-order valence-corrected chi connectivity index (χ3v) is 3.39. The van der Waals surface area contributed by atoms with Crippen molar-refractivity contribution in [2.24, 2.45) is 0 Å². The molecule has 18 heavy (non-hydrogen) atoms. The van der Waals surface area contributed by atoms with Crippen molar-refractivity contribution < 1.29 is 9.52 Å². The van der Waals surface area contributed by atoms with Gasteiger partial charge in [-0.15, -0.1) is 0 Å². The van der Waals surface area contributed by atoms with Crippen molar-refractivity contribution in [3.05, 3.63) is 72.2 Å². The van der Waals surface area contributed by atoms with Crippen LogP contribution >= 0.6 is 0 Å². The summed E-state index contributed by atoms with van der Waals surface area (Å²) in [5.74, 6) is 0. The predicted octanol–water partition coefficient (Wildman–Crippen LogP) is 3.69. The van der Waals surface area contributed by atoms with Crippen LogP contribution in [0.1, 0.15) is 18.1 Å². The van der Waals surface area contributed by atoms with E-state index in [9.17, 15) is 5.11 Å². The number of aliphatic hydroxyl groups is 1. The number of hydrogen-bond acceptors (Lipinski definition) is 2. The molecule has 1 N–H and O–H groups in total. The summed E-state index contributed by atoms with van der Waals surface area (Å²) in [4.78, 5) is 0. The largest absolute Gasteiger partial charge is 0.472 e. The third kappa shape index (κ3) is 1.71. The number of fused-ring (bicyclic) bond motifs is 1. The summed E-state index contributed by atoms with van der Waals surface area (Å²) in [5, 5.41) is 12.9. The Bertz CT molecular complexity index is 666. The van der Waals surface area contributed by atoms with Crippen LogP contribution in [0.4, 0.5) is 0 Å². The molecule has 1 unspecified atom stereocenters. The van der Waals surface area contributed by atoms with Gasteiger partial charge in [-0.05, 0) is 35.4 Å². The number of furan rings is 1. The highest BCUT2D eigenvalue weighted by atomic mass is 16.3. The lowest BCUT2D eigenvalue weighted by atomic mass is 9.89. The third-order valence-electron chi connectivity index (χ3n) is 3.39. The van der Waals surface area contributed by atoms with E-state index < -0.39 is 5.60 Å². The Morgan fingerprint density at radius 3 is 2.44 bits per heavy atom. The zero-order valence-corrected chi connectivity index (χ0v) is 10.1. The first-order chi connectivity index (χ1) is 8.68. The zero-order chi connectivity index (χ0) is 12.6. The molecular formula is C16H14O2. The molecule has 1 aromatic heterocycles. The maximum Gasteiger partial charge on any atom is 0.115 e. The topological polar surface area (TPSA) is 33.4 Å². The molecule has 2 heteroatoms. The van der Waals surface area contributed by atoms with Gasteiger partial charge in [0.1, 0.15) is 5.60 Å². The van der Waals surface area contributed by atoms with Crippen LogP contribution < -0.4 is 0 Å². The van der Waals surface area contributed by atoms with Gasteiger partial charge in [-0.2, -0.15) is 0 Å². The second-order valence-corrected chi connectivity index (χ2v) is 4.65. The van der Waals surface area contributed by atoms with Gasteiger partial charge in [-0.1, -0.05) is 36.4 Å². The molecule has 0 aliphatic rings. The molecule has 0 saturated heterocycles.